The van der Waals surface area contributed by atoms with Gasteiger partial charge >= 0.3 is 0 Å². The first-order valence-corrected chi connectivity index (χ1v) is 10.7. The Morgan fingerprint density at radius 1 is 1.08 bits per heavy atom. The van der Waals surface area contributed by atoms with E-state index in [0.717, 1.165) is 36.9 Å². The molecule has 1 aliphatic heterocycles. The molecule has 1 aliphatic rings. The number of nitrogens with zero attached hydrogens (tertiary/aromatic N) is 1. The third-order valence-electron chi connectivity index (χ3n) is 5.23. The van der Waals surface area contributed by atoms with Gasteiger partial charge in [0.15, 0.2) is 0 Å². The van der Waals surface area contributed by atoms with Gasteiger partial charge in [0.25, 0.3) is 0 Å². The Hall–Kier alpha value is -2.11. The van der Waals surface area contributed by atoms with Gasteiger partial charge in [-0.3, -0.25) is 0 Å². The lowest BCUT2D eigenvalue weighted by Crippen LogP contribution is -2.35. The van der Waals surface area contributed by atoms with Crippen molar-refractivity contribution in [1.29, 1.82) is 0 Å². The molecule has 0 amide bonds. The predicted molar refractivity (Wildman–Crippen MR) is 105 cm³/mol. The number of fused-ring (bicyclic) bond motifs is 3. The molecule has 2 heterocycles. The molecule has 0 saturated carbocycles. The number of rotatable bonds is 5. The Bertz CT molecular complexity index is 1020. The van der Waals surface area contributed by atoms with Crippen molar-refractivity contribution in [2.45, 2.75) is 44.0 Å². The van der Waals surface area contributed by atoms with Crippen molar-refractivity contribution in [2.75, 3.05) is 6.54 Å². The first-order chi connectivity index (χ1) is 12.6. The molecule has 0 bridgehead atoms. The van der Waals surface area contributed by atoms with Crippen LogP contribution in [0.3, 0.4) is 0 Å². The Kier molecular flexibility index (Phi) is 4.59. The summed E-state index contributed by atoms with van der Waals surface area (Å²) in [6, 6.07) is 15.6. The average Bonchev–Trinajstić information content (AvgIpc) is 3.04. The standard InChI is InChI=1S/C21H24N2O2S/c1-2-3-6-16-9-11-17(12-10-16)26(24,25)23-14-13-19-18-7-4-5-8-20(18)22-21(19)15-23/h4-5,7-12,22H,2-3,6,13-15H2,1H3. The molecule has 0 saturated heterocycles. The first-order valence-electron chi connectivity index (χ1n) is 9.27. The van der Waals surface area contributed by atoms with Gasteiger partial charge in [-0.1, -0.05) is 43.7 Å². The van der Waals surface area contributed by atoms with Crippen LogP contribution in [0.2, 0.25) is 0 Å². The summed E-state index contributed by atoms with van der Waals surface area (Å²) in [7, 11) is -3.47. The second kappa shape index (κ2) is 6.89. The van der Waals surface area contributed by atoms with E-state index in [9.17, 15) is 8.42 Å². The summed E-state index contributed by atoms with van der Waals surface area (Å²) < 4.78 is 27.7. The molecule has 3 aromatic rings. The Balaban J connectivity index is 1.59. The van der Waals surface area contributed by atoms with Gasteiger partial charge in [-0.05, 0) is 48.6 Å². The summed E-state index contributed by atoms with van der Waals surface area (Å²) in [5.74, 6) is 0. The monoisotopic (exact) mass is 368 g/mol. The maximum Gasteiger partial charge on any atom is 0.243 e. The van der Waals surface area contributed by atoms with E-state index in [0.29, 0.717) is 18.0 Å². The number of para-hydroxylation sites is 1. The van der Waals surface area contributed by atoms with Gasteiger partial charge in [0.2, 0.25) is 10.0 Å². The minimum atomic E-state index is -3.47. The summed E-state index contributed by atoms with van der Waals surface area (Å²) in [4.78, 5) is 3.78. The SMILES string of the molecule is CCCCc1ccc(S(=O)(=O)N2CCc3c([nH]c4ccccc34)C2)cc1. The topological polar surface area (TPSA) is 53.2 Å². The van der Waals surface area contributed by atoms with Crippen molar-refractivity contribution in [3.05, 3.63) is 65.4 Å². The molecule has 0 aliphatic carbocycles. The first kappa shape index (κ1) is 17.3. The maximum absolute atomic E-state index is 13.0. The van der Waals surface area contributed by atoms with E-state index in [1.807, 2.05) is 30.3 Å². The zero-order valence-electron chi connectivity index (χ0n) is 15.0. The fourth-order valence-corrected chi connectivity index (χ4v) is 5.14. The molecule has 0 fully saturated rings. The second-order valence-corrected chi connectivity index (χ2v) is 8.90. The van der Waals surface area contributed by atoms with Crippen LogP contribution in [0.25, 0.3) is 10.9 Å². The fraction of sp³-hybridized carbons (Fsp3) is 0.333. The van der Waals surface area contributed by atoms with Gasteiger partial charge in [-0.25, -0.2) is 8.42 Å². The molecule has 0 spiro atoms. The number of aromatic amines is 1. The van der Waals surface area contributed by atoms with Crippen LogP contribution in [0.5, 0.6) is 0 Å². The third-order valence-corrected chi connectivity index (χ3v) is 7.09. The number of benzene rings is 2. The second-order valence-electron chi connectivity index (χ2n) is 6.96. The highest BCUT2D eigenvalue weighted by Crippen LogP contribution is 2.30. The molecule has 0 unspecified atom stereocenters. The van der Waals surface area contributed by atoms with E-state index in [4.69, 9.17) is 0 Å². The van der Waals surface area contributed by atoms with E-state index in [1.165, 1.54) is 16.5 Å². The number of H-pyrrole nitrogens is 1. The lowest BCUT2D eigenvalue weighted by molar-refractivity contribution is 0.388. The van der Waals surface area contributed by atoms with Crippen LogP contribution < -0.4 is 0 Å². The van der Waals surface area contributed by atoms with Crippen molar-refractivity contribution in [1.82, 2.24) is 9.29 Å². The predicted octanol–water partition coefficient (Wildman–Crippen LogP) is 4.26. The number of hydrogen-bond acceptors (Lipinski definition) is 2. The molecular weight excluding hydrogens is 344 g/mol. The van der Waals surface area contributed by atoms with Crippen LogP contribution in [0, 0.1) is 0 Å². The Labute approximate surface area is 154 Å². The van der Waals surface area contributed by atoms with Gasteiger partial charge in [0, 0.05) is 23.1 Å². The van der Waals surface area contributed by atoms with Crippen LogP contribution in [0.15, 0.2) is 53.4 Å². The van der Waals surface area contributed by atoms with Crippen LogP contribution in [-0.2, 0) is 29.4 Å². The minimum Gasteiger partial charge on any atom is -0.357 e. The third kappa shape index (κ3) is 3.06. The van der Waals surface area contributed by atoms with Crippen molar-refractivity contribution in [3.63, 3.8) is 0 Å². The number of aromatic nitrogens is 1. The molecule has 26 heavy (non-hydrogen) atoms. The molecule has 136 valence electrons. The summed E-state index contributed by atoms with van der Waals surface area (Å²) in [5.41, 5.74) is 4.54. The maximum atomic E-state index is 13.0. The largest absolute Gasteiger partial charge is 0.357 e. The summed E-state index contributed by atoms with van der Waals surface area (Å²) in [6.45, 7) is 3.09. The van der Waals surface area contributed by atoms with E-state index >= 15 is 0 Å². The van der Waals surface area contributed by atoms with Crippen LogP contribution in [0.4, 0.5) is 0 Å². The van der Waals surface area contributed by atoms with E-state index in [-0.39, 0.29) is 0 Å². The van der Waals surface area contributed by atoms with Crippen molar-refractivity contribution >= 4 is 20.9 Å². The number of nitrogens with one attached hydrogen (secondary N) is 1. The van der Waals surface area contributed by atoms with Gasteiger partial charge in [0.1, 0.15) is 0 Å². The highest BCUT2D eigenvalue weighted by Gasteiger charge is 2.30. The lowest BCUT2D eigenvalue weighted by atomic mass is 10.1. The molecule has 1 aromatic heterocycles. The molecule has 4 nitrogen and oxygen atoms in total. The van der Waals surface area contributed by atoms with Crippen molar-refractivity contribution in [2.24, 2.45) is 0 Å². The molecule has 4 rings (SSSR count). The average molecular weight is 369 g/mol. The summed E-state index contributed by atoms with van der Waals surface area (Å²) in [6.07, 6.45) is 4.01. The number of sulfonamides is 1. The van der Waals surface area contributed by atoms with Crippen molar-refractivity contribution in [3.8, 4) is 0 Å². The normalized spacial score (nSPS) is 15.3. The Morgan fingerprint density at radius 3 is 2.62 bits per heavy atom. The van der Waals surface area contributed by atoms with Gasteiger partial charge in [-0.15, -0.1) is 0 Å². The summed E-state index contributed by atoms with van der Waals surface area (Å²) in [5, 5.41) is 1.21. The number of hydrogen-bond donors (Lipinski definition) is 1. The van der Waals surface area contributed by atoms with E-state index in [1.54, 1.807) is 16.4 Å². The molecule has 0 atom stereocenters. The zero-order chi connectivity index (χ0) is 18.1. The quantitative estimate of drug-likeness (QED) is 0.732. The van der Waals surface area contributed by atoms with Gasteiger partial charge in [-0.2, -0.15) is 4.31 Å². The van der Waals surface area contributed by atoms with Crippen molar-refractivity contribution < 1.29 is 8.42 Å². The number of unbranched alkanes of at least 4 members (excludes halogenated alkanes) is 1. The van der Waals surface area contributed by atoms with E-state index < -0.39 is 10.0 Å². The van der Waals surface area contributed by atoms with E-state index in [2.05, 4.69) is 18.0 Å². The highest BCUT2D eigenvalue weighted by molar-refractivity contribution is 7.89. The smallest absolute Gasteiger partial charge is 0.243 e. The van der Waals surface area contributed by atoms with Gasteiger partial charge in [0.05, 0.1) is 11.4 Å². The highest BCUT2D eigenvalue weighted by atomic mass is 32.2. The molecular formula is C21H24N2O2S. The van der Waals surface area contributed by atoms with Gasteiger partial charge < -0.3 is 4.98 Å². The lowest BCUT2D eigenvalue weighted by Gasteiger charge is -2.26. The van der Waals surface area contributed by atoms with Crippen LogP contribution in [-0.4, -0.2) is 24.3 Å². The molecule has 1 N–H and O–H groups in total. The Morgan fingerprint density at radius 2 is 1.85 bits per heavy atom. The molecule has 0 radical (unpaired) electrons. The number of aryl methyl sites for hydroxylation is 1. The van der Waals surface area contributed by atoms with Crippen LogP contribution >= 0.6 is 0 Å². The molecule has 2 aromatic carbocycles. The minimum absolute atomic E-state index is 0.386. The molecule has 5 heteroatoms. The van der Waals surface area contributed by atoms with Crippen LogP contribution in [0.1, 0.15) is 36.6 Å². The fourth-order valence-electron chi connectivity index (χ4n) is 3.73. The summed E-state index contributed by atoms with van der Waals surface area (Å²) >= 11 is 0. The zero-order valence-corrected chi connectivity index (χ0v) is 15.8.